The molecular formula is C12H18N2O2. The van der Waals surface area contributed by atoms with Gasteiger partial charge in [-0.25, -0.2) is 0 Å². The molecule has 88 valence electrons. The number of rotatable bonds is 7. The quantitative estimate of drug-likeness (QED) is 0.758. The number of aliphatic carboxylic acids is 1. The topological polar surface area (TPSA) is 53.4 Å². The highest BCUT2D eigenvalue weighted by Gasteiger charge is 2.08. The molecule has 0 saturated heterocycles. The molecular weight excluding hydrogens is 204 g/mol. The van der Waals surface area contributed by atoms with Crippen LogP contribution in [0.4, 0.5) is 0 Å². The summed E-state index contributed by atoms with van der Waals surface area (Å²) in [7, 11) is 0. The molecule has 1 heterocycles. The van der Waals surface area contributed by atoms with Gasteiger partial charge in [0.1, 0.15) is 0 Å². The van der Waals surface area contributed by atoms with Gasteiger partial charge in [-0.2, -0.15) is 0 Å². The third kappa shape index (κ3) is 4.89. The molecule has 4 nitrogen and oxygen atoms in total. The minimum atomic E-state index is -0.764. The predicted molar refractivity (Wildman–Crippen MR) is 62.3 cm³/mol. The van der Waals surface area contributed by atoms with E-state index in [1.807, 2.05) is 23.2 Å². The molecule has 0 aliphatic carbocycles. The maximum absolute atomic E-state index is 10.6. The predicted octanol–water partition coefficient (Wildman–Crippen LogP) is 1.42. The molecule has 0 aromatic carbocycles. The second-order valence-corrected chi connectivity index (χ2v) is 3.78. The molecule has 1 rings (SSSR count). The van der Waals surface area contributed by atoms with Crippen molar-refractivity contribution in [2.45, 2.75) is 19.8 Å². The van der Waals surface area contributed by atoms with Gasteiger partial charge in [0.15, 0.2) is 0 Å². The monoisotopic (exact) mass is 222 g/mol. The Kier molecular flexibility index (Phi) is 5.50. The molecule has 0 aliphatic rings. The first-order valence-corrected chi connectivity index (χ1v) is 5.55. The summed E-state index contributed by atoms with van der Waals surface area (Å²) in [6.07, 6.45) is 5.39. The molecule has 0 bridgehead atoms. The minimum absolute atomic E-state index is 0.119. The summed E-state index contributed by atoms with van der Waals surface area (Å²) in [5.41, 5.74) is 1.15. The van der Waals surface area contributed by atoms with Crippen molar-refractivity contribution in [3.8, 4) is 0 Å². The minimum Gasteiger partial charge on any atom is -0.480 e. The molecule has 1 aromatic rings. The van der Waals surface area contributed by atoms with E-state index in [1.165, 1.54) is 0 Å². The average Bonchev–Trinajstić information content (AvgIpc) is 2.27. The van der Waals surface area contributed by atoms with Gasteiger partial charge in [-0.15, -0.1) is 0 Å². The SMILES string of the molecule is CCCN(CCc1cccnc1)CC(=O)O. The number of hydrogen-bond acceptors (Lipinski definition) is 3. The highest BCUT2D eigenvalue weighted by molar-refractivity contribution is 5.69. The number of carboxylic acids is 1. The molecule has 16 heavy (non-hydrogen) atoms. The Labute approximate surface area is 95.9 Å². The summed E-state index contributed by atoms with van der Waals surface area (Å²) >= 11 is 0. The molecule has 0 fully saturated rings. The van der Waals surface area contributed by atoms with Crippen LogP contribution in [0.1, 0.15) is 18.9 Å². The van der Waals surface area contributed by atoms with Crippen LogP contribution in [0.5, 0.6) is 0 Å². The molecule has 4 heteroatoms. The third-order valence-electron chi connectivity index (χ3n) is 2.34. The van der Waals surface area contributed by atoms with E-state index in [2.05, 4.69) is 11.9 Å². The van der Waals surface area contributed by atoms with Gasteiger partial charge in [0.2, 0.25) is 0 Å². The number of carbonyl (C=O) groups is 1. The van der Waals surface area contributed by atoms with E-state index in [1.54, 1.807) is 6.20 Å². The van der Waals surface area contributed by atoms with Gasteiger partial charge in [-0.1, -0.05) is 13.0 Å². The number of aromatic nitrogens is 1. The average molecular weight is 222 g/mol. The van der Waals surface area contributed by atoms with Crippen molar-refractivity contribution < 1.29 is 9.90 Å². The van der Waals surface area contributed by atoms with Crippen LogP contribution in [0.15, 0.2) is 24.5 Å². The van der Waals surface area contributed by atoms with Gasteiger partial charge >= 0.3 is 5.97 Å². The molecule has 0 unspecified atom stereocenters. The second kappa shape index (κ2) is 6.95. The number of hydrogen-bond donors (Lipinski definition) is 1. The number of pyridine rings is 1. The highest BCUT2D eigenvalue weighted by Crippen LogP contribution is 2.00. The Morgan fingerprint density at radius 1 is 1.50 bits per heavy atom. The first-order valence-electron chi connectivity index (χ1n) is 5.55. The smallest absolute Gasteiger partial charge is 0.317 e. The van der Waals surface area contributed by atoms with E-state index in [9.17, 15) is 4.79 Å². The summed E-state index contributed by atoms with van der Waals surface area (Å²) in [5, 5.41) is 8.75. The van der Waals surface area contributed by atoms with Gasteiger partial charge in [0.05, 0.1) is 6.54 Å². The molecule has 1 aromatic heterocycles. The normalized spacial score (nSPS) is 10.6. The Morgan fingerprint density at radius 3 is 2.88 bits per heavy atom. The lowest BCUT2D eigenvalue weighted by atomic mass is 10.2. The van der Waals surface area contributed by atoms with E-state index in [4.69, 9.17) is 5.11 Å². The number of nitrogens with zero attached hydrogens (tertiary/aromatic N) is 2. The summed E-state index contributed by atoms with van der Waals surface area (Å²) in [4.78, 5) is 16.6. The molecule has 0 atom stereocenters. The van der Waals surface area contributed by atoms with E-state index in [0.29, 0.717) is 0 Å². The fraction of sp³-hybridized carbons (Fsp3) is 0.500. The lowest BCUT2D eigenvalue weighted by Crippen LogP contribution is -2.32. The van der Waals surface area contributed by atoms with Crippen molar-refractivity contribution in [2.24, 2.45) is 0 Å². The summed E-state index contributed by atoms with van der Waals surface area (Å²) < 4.78 is 0. The van der Waals surface area contributed by atoms with Crippen molar-refractivity contribution in [1.82, 2.24) is 9.88 Å². The molecule has 0 aliphatic heterocycles. The van der Waals surface area contributed by atoms with Crippen LogP contribution >= 0.6 is 0 Å². The summed E-state index contributed by atoms with van der Waals surface area (Å²) in [6, 6.07) is 3.91. The van der Waals surface area contributed by atoms with Crippen LogP contribution in [0, 0.1) is 0 Å². The lowest BCUT2D eigenvalue weighted by Gasteiger charge is -2.18. The largest absolute Gasteiger partial charge is 0.480 e. The fourth-order valence-electron chi connectivity index (χ4n) is 1.61. The standard InChI is InChI=1S/C12H18N2O2/c1-2-7-14(10-12(15)16)8-5-11-4-3-6-13-9-11/h3-4,6,9H,2,5,7-8,10H2,1H3,(H,15,16). The van der Waals surface area contributed by atoms with Crippen molar-refractivity contribution in [3.63, 3.8) is 0 Å². The zero-order valence-electron chi connectivity index (χ0n) is 9.59. The van der Waals surface area contributed by atoms with Crippen LogP contribution in [0.25, 0.3) is 0 Å². The van der Waals surface area contributed by atoms with Crippen LogP contribution in [-0.4, -0.2) is 40.6 Å². The van der Waals surface area contributed by atoms with Gasteiger partial charge in [0, 0.05) is 18.9 Å². The Bertz CT molecular complexity index is 314. The van der Waals surface area contributed by atoms with Crippen LogP contribution in [0.3, 0.4) is 0 Å². The lowest BCUT2D eigenvalue weighted by molar-refractivity contribution is -0.138. The molecule has 1 N–H and O–H groups in total. The first kappa shape index (κ1) is 12.6. The van der Waals surface area contributed by atoms with Crippen molar-refractivity contribution in [1.29, 1.82) is 0 Å². The van der Waals surface area contributed by atoms with Gasteiger partial charge in [0.25, 0.3) is 0 Å². The van der Waals surface area contributed by atoms with Crippen molar-refractivity contribution >= 4 is 5.97 Å². The van der Waals surface area contributed by atoms with Crippen LogP contribution < -0.4 is 0 Å². The summed E-state index contributed by atoms with van der Waals surface area (Å²) in [5.74, 6) is -0.764. The third-order valence-corrected chi connectivity index (χ3v) is 2.34. The molecule has 0 amide bonds. The Balaban J connectivity index is 2.40. The maximum atomic E-state index is 10.6. The number of carboxylic acid groups (broad SMARTS) is 1. The zero-order valence-corrected chi connectivity index (χ0v) is 9.59. The van der Waals surface area contributed by atoms with E-state index in [0.717, 1.165) is 31.5 Å². The van der Waals surface area contributed by atoms with Crippen molar-refractivity contribution in [3.05, 3.63) is 30.1 Å². The van der Waals surface area contributed by atoms with Crippen LogP contribution in [0.2, 0.25) is 0 Å². The molecule has 0 spiro atoms. The molecule has 0 saturated carbocycles. The fourth-order valence-corrected chi connectivity index (χ4v) is 1.61. The van der Waals surface area contributed by atoms with Crippen LogP contribution in [-0.2, 0) is 11.2 Å². The van der Waals surface area contributed by atoms with E-state index in [-0.39, 0.29) is 6.54 Å². The van der Waals surface area contributed by atoms with E-state index >= 15 is 0 Å². The van der Waals surface area contributed by atoms with Gasteiger partial charge < -0.3 is 5.11 Å². The van der Waals surface area contributed by atoms with Crippen molar-refractivity contribution in [2.75, 3.05) is 19.6 Å². The van der Waals surface area contributed by atoms with Gasteiger partial charge in [-0.05, 0) is 31.0 Å². The van der Waals surface area contributed by atoms with Gasteiger partial charge in [-0.3, -0.25) is 14.7 Å². The zero-order chi connectivity index (χ0) is 11.8. The maximum Gasteiger partial charge on any atom is 0.317 e. The summed E-state index contributed by atoms with van der Waals surface area (Å²) in [6.45, 7) is 3.77. The Hall–Kier alpha value is -1.42. The highest BCUT2D eigenvalue weighted by atomic mass is 16.4. The Morgan fingerprint density at radius 2 is 2.31 bits per heavy atom. The first-order chi connectivity index (χ1) is 7.72. The second-order valence-electron chi connectivity index (χ2n) is 3.78. The molecule has 0 radical (unpaired) electrons. The van der Waals surface area contributed by atoms with E-state index < -0.39 is 5.97 Å².